The summed E-state index contributed by atoms with van der Waals surface area (Å²) >= 11 is 1.81. The van der Waals surface area contributed by atoms with Crippen LogP contribution in [0.1, 0.15) is 0 Å². The largest absolute Gasteiger partial charge is 0.309 e. The van der Waals surface area contributed by atoms with Crippen LogP contribution in [0.15, 0.2) is 188 Å². The molecule has 6 heteroatoms. The first-order chi connectivity index (χ1) is 28.3. The SMILES string of the molecule is c1ccc(-c2nc(-c3ccccc3)nc(-c3cc(-n4c5ccccc5c5ccc6c(c7ccccc7n6-c6ccccc6)c54)cc4sc5ccccc5c34)n2)cc1. The van der Waals surface area contributed by atoms with Crippen LogP contribution in [0, 0.1) is 0 Å². The molecule has 0 aliphatic carbocycles. The van der Waals surface area contributed by atoms with E-state index in [2.05, 4.69) is 161 Å². The van der Waals surface area contributed by atoms with E-state index >= 15 is 0 Å². The minimum absolute atomic E-state index is 0.643. The first-order valence-electron chi connectivity index (χ1n) is 19.1. The van der Waals surface area contributed by atoms with Gasteiger partial charge in [0.25, 0.3) is 0 Å². The number of fused-ring (bicyclic) bond motifs is 10. The molecule has 0 fully saturated rings. The van der Waals surface area contributed by atoms with Crippen LogP contribution in [0.2, 0.25) is 0 Å². The number of nitrogens with zero attached hydrogens (tertiary/aromatic N) is 5. The van der Waals surface area contributed by atoms with Crippen molar-refractivity contribution in [1.29, 1.82) is 0 Å². The fraction of sp³-hybridized carbons (Fsp3) is 0. The van der Waals surface area contributed by atoms with Crippen LogP contribution >= 0.6 is 11.3 Å². The summed E-state index contributed by atoms with van der Waals surface area (Å²) in [4.78, 5) is 15.6. The summed E-state index contributed by atoms with van der Waals surface area (Å²) in [7, 11) is 0. The van der Waals surface area contributed by atoms with E-state index in [0.717, 1.165) is 39.0 Å². The van der Waals surface area contributed by atoms with Crippen molar-refractivity contribution in [3.05, 3.63) is 188 Å². The van der Waals surface area contributed by atoms with Crippen molar-refractivity contribution in [2.75, 3.05) is 0 Å². The van der Waals surface area contributed by atoms with Gasteiger partial charge in [-0.25, -0.2) is 15.0 Å². The lowest BCUT2D eigenvalue weighted by atomic mass is 10.0. The van der Waals surface area contributed by atoms with E-state index in [1.54, 1.807) is 0 Å². The quantitative estimate of drug-likeness (QED) is 0.176. The molecular weight excluding hydrogens is 715 g/mol. The summed E-state index contributed by atoms with van der Waals surface area (Å²) in [5.74, 6) is 1.93. The first kappa shape index (κ1) is 31.9. The fourth-order valence-electron chi connectivity index (χ4n) is 8.71. The molecule has 8 aromatic carbocycles. The van der Waals surface area contributed by atoms with E-state index in [1.807, 2.05) is 47.7 Å². The van der Waals surface area contributed by atoms with Gasteiger partial charge in [-0.15, -0.1) is 11.3 Å². The van der Waals surface area contributed by atoms with Gasteiger partial charge in [0.05, 0.1) is 22.1 Å². The highest BCUT2D eigenvalue weighted by Crippen LogP contribution is 2.45. The van der Waals surface area contributed by atoms with Gasteiger partial charge in [0.1, 0.15) is 0 Å². The number of benzene rings is 8. The molecule has 0 saturated heterocycles. The molecule has 0 bridgehead atoms. The molecule has 0 saturated carbocycles. The molecule has 4 heterocycles. The number of hydrogen-bond acceptors (Lipinski definition) is 4. The highest BCUT2D eigenvalue weighted by Gasteiger charge is 2.23. The Morgan fingerprint density at radius 2 is 0.912 bits per heavy atom. The highest BCUT2D eigenvalue weighted by atomic mass is 32.1. The van der Waals surface area contributed by atoms with Crippen LogP contribution < -0.4 is 0 Å². The van der Waals surface area contributed by atoms with Gasteiger partial charge >= 0.3 is 0 Å². The second-order valence-electron chi connectivity index (χ2n) is 14.4. The zero-order valence-electron chi connectivity index (χ0n) is 30.5. The van der Waals surface area contributed by atoms with E-state index in [1.165, 1.54) is 52.9 Å². The minimum Gasteiger partial charge on any atom is -0.309 e. The van der Waals surface area contributed by atoms with E-state index in [9.17, 15) is 0 Å². The monoisotopic (exact) mass is 745 g/mol. The molecule has 0 aliphatic rings. The number of thiophene rings is 1. The summed E-state index contributed by atoms with van der Waals surface area (Å²) in [6.45, 7) is 0. The Kier molecular flexibility index (Phi) is 7.03. The zero-order chi connectivity index (χ0) is 37.5. The molecule has 4 aromatic heterocycles. The van der Waals surface area contributed by atoms with Crippen LogP contribution in [-0.4, -0.2) is 24.1 Å². The van der Waals surface area contributed by atoms with Gasteiger partial charge in [-0.05, 0) is 48.5 Å². The van der Waals surface area contributed by atoms with Gasteiger partial charge in [-0.1, -0.05) is 140 Å². The minimum atomic E-state index is 0.643. The Labute approximate surface area is 331 Å². The van der Waals surface area contributed by atoms with Crippen LogP contribution in [0.3, 0.4) is 0 Å². The molecule has 0 amide bonds. The van der Waals surface area contributed by atoms with Crippen LogP contribution in [0.25, 0.3) is 109 Å². The Balaban J connectivity index is 1.22. The van der Waals surface area contributed by atoms with Crippen molar-refractivity contribution in [3.63, 3.8) is 0 Å². The lowest BCUT2D eigenvalue weighted by Crippen LogP contribution is -2.01. The molecule has 12 aromatic rings. The van der Waals surface area contributed by atoms with Gasteiger partial charge in [0.15, 0.2) is 17.5 Å². The Morgan fingerprint density at radius 3 is 1.61 bits per heavy atom. The third kappa shape index (κ3) is 4.91. The van der Waals surface area contributed by atoms with Gasteiger partial charge in [-0.3, -0.25) is 0 Å². The highest BCUT2D eigenvalue weighted by molar-refractivity contribution is 7.26. The maximum atomic E-state index is 5.28. The van der Waals surface area contributed by atoms with Gasteiger partial charge in [-0.2, -0.15) is 0 Å². The molecular formula is C51H31N5S. The molecule has 0 unspecified atom stereocenters. The van der Waals surface area contributed by atoms with Crippen LogP contribution in [0.4, 0.5) is 0 Å². The van der Waals surface area contributed by atoms with Gasteiger partial charge < -0.3 is 9.13 Å². The van der Waals surface area contributed by atoms with E-state index in [4.69, 9.17) is 15.0 Å². The second-order valence-corrected chi connectivity index (χ2v) is 15.5. The van der Waals surface area contributed by atoms with Gasteiger partial charge in [0.2, 0.25) is 0 Å². The molecule has 0 N–H and O–H groups in total. The third-order valence-electron chi connectivity index (χ3n) is 11.1. The number of para-hydroxylation sites is 3. The molecule has 0 aliphatic heterocycles. The van der Waals surface area contributed by atoms with E-state index < -0.39 is 0 Å². The summed E-state index contributed by atoms with van der Waals surface area (Å²) in [5.41, 5.74) is 9.73. The third-order valence-corrected chi connectivity index (χ3v) is 12.3. The predicted octanol–water partition coefficient (Wildman–Crippen LogP) is 13.4. The maximum absolute atomic E-state index is 5.28. The standard InChI is InChI=1S/C51H31N5S/c1-4-16-32(17-5-1)49-52-50(33-18-6-2-7-19-33)54-51(53-49)40-30-35(31-45-46(40)39-24-12-15-27-44(39)57-45)56-41-25-13-10-22-36(41)37-28-29-43-47(48(37)56)38-23-11-14-26-42(38)55(43)34-20-8-3-9-21-34/h1-31H. The van der Waals surface area contributed by atoms with Gasteiger partial charge in [0, 0.05) is 69.8 Å². The van der Waals surface area contributed by atoms with Crippen molar-refractivity contribution in [2.24, 2.45) is 0 Å². The van der Waals surface area contributed by atoms with Crippen molar-refractivity contribution >= 4 is 75.1 Å². The predicted molar refractivity (Wildman–Crippen MR) is 238 cm³/mol. The smallest absolute Gasteiger partial charge is 0.164 e. The van der Waals surface area contributed by atoms with Crippen molar-refractivity contribution in [1.82, 2.24) is 24.1 Å². The molecule has 0 spiro atoms. The summed E-state index contributed by atoms with van der Waals surface area (Å²) in [6.07, 6.45) is 0. The Bertz CT molecular complexity index is 3450. The Morgan fingerprint density at radius 1 is 0.351 bits per heavy atom. The van der Waals surface area contributed by atoms with E-state index in [-0.39, 0.29) is 0 Å². The maximum Gasteiger partial charge on any atom is 0.164 e. The molecule has 5 nitrogen and oxygen atoms in total. The molecule has 0 radical (unpaired) electrons. The average molecular weight is 746 g/mol. The summed E-state index contributed by atoms with van der Waals surface area (Å²) in [6, 6.07) is 66.6. The molecule has 57 heavy (non-hydrogen) atoms. The Hall–Kier alpha value is -7.41. The summed E-state index contributed by atoms with van der Waals surface area (Å²) < 4.78 is 7.27. The second kappa shape index (κ2) is 12.6. The first-order valence-corrected chi connectivity index (χ1v) is 19.9. The van der Waals surface area contributed by atoms with Crippen molar-refractivity contribution < 1.29 is 0 Å². The molecule has 12 rings (SSSR count). The van der Waals surface area contributed by atoms with Crippen LogP contribution in [-0.2, 0) is 0 Å². The number of hydrogen-bond donors (Lipinski definition) is 0. The van der Waals surface area contributed by atoms with Crippen molar-refractivity contribution in [3.8, 4) is 45.5 Å². The van der Waals surface area contributed by atoms with Crippen molar-refractivity contribution in [2.45, 2.75) is 0 Å². The number of aromatic nitrogens is 5. The summed E-state index contributed by atoms with van der Waals surface area (Å²) in [5, 5.41) is 7.20. The molecule has 0 atom stereocenters. The average Bonchev–Trinajstić information content (AvgIpc) is 3.94. The van der Waals surface area contributed by atoms with Crippen LogP contribution in [0.5, 0.6) is 0 Å². The molecule has 266 valence electrons. The number of rotatable bonds is 5. The lowest BCUT2D eigenvalue weighted by Gasteiger charge is -2.14. The fourth-order valence-corrected chi connectivity index (χ4v) is 9.87. The van der Waals surface area contributed by atoms with E-state index in [0.29, 0.717) is 17.5 Å². The zero-order valence-corrected chi connectivity index (χ0v) is 31.4. The topological polar surface area (TPSA) is 48.5 Å². The normalized spacial score (nSPS) is 11.9. The lowest BCUT2D eigenvalue weighted by molar-refractivity contribution is 1.07.